The Labute approximate surface area is 233 Å². The van der Waals surface area contributed by atoms with Gasteiger partial charge in [-0.05, 0) is 89.1 Å². The maximum Gasteiger partial charge on any atom is 0.251 e. The quantitative estimate of drug-likeness (QED) is 0.466. The number of carbonyl (C=O) groups is 2. The van der Waals surface area contributed by atoms with Gasteiger partial charge in [-0.3, -0.25) is 9.59 Å². The van der Waals surface area contributed by atoms with Gasteiger partial charge in [0.15, 0.2) is 0 Å². The van der Waals surface area contributed by atoms with Crippen molar-refractivity contribution in [1.29, 1.82) is 0 Å². The number of nitrogens with zero attached hydrogens (tertiary/aromatic N) is 2. The molecular weight excluding hydrogens is 490 g/mol. The average Bonchev–Trinajstić information content (AvgIpc) is 2.89. The van der Waals surface area contributed by atoms with Gasteiger partial charge in [-0.15, -0.1) is 0 Å². The first-order valence-corrected chi connectivity index (χ1v) is 14.4. The minimum Gasteiger partial charge on any atom is -0.481 e. The second-order valence-electron chi connectivity index (χ2n) is 11.6. The summed E-state index contributed by atoms with van der Waals surface area (Å²) in [7, 11) is 1.60. The molecule has 3 N–H and O–H groups in total. The largest absolute Gasteiger partial charge is 0.481 e. The van der Waals surface area contributed by atoms with Gasteiger partial charge in [-0.25, -0.2) is 4.98 Å². The Morgan fingerprint density at radius 2 is 1.79 bits per heavy atom. The Bertz CT molecular complexity index is 1160. The average molecular weight is 536 g/mol. The standard InChI is InChI=1S/C31H45N5O3/c1-8-36(25-12-20(4)34-21(5)13-25)28-15-24(23-9-10-29(39-7)32-16-23)14-26(22(28)6)30(37)33-17-27-18(2)11-19(3)35-31(27)38/h9-10,14-16,18-21,25,27,34H,8,11-13,17H2,1-7H3,(H,33,37)(H,35,38)/t18?,19?,20-,21-,27?/m1/s1. The van der Waals surface area contributed by atoms with Crippen molar-refractivity contribution in [3.63, 3.8) is 0 Å². The van der Waals surface area contributed by atoms with E-state index >= 15 is 0 Å². The molecule has 0 saturated carbocycles. The number of aromatic nitrogens is 1. The molecule has 2 aliphatic heterocycles. The lowest BCUT2D eigenvalue weighted by molar-refractivity contribution is -0.129. The van der Waals surface area contributed by atoms with Crippen LogP contribution in [-0.2, 0) is 4.79 Å². The van der Waals surface area contributed by atoms with Crippen molar-refractivity contribution in [2.45, 2.75) is 85.0 Å². The summed E-state index contributed by atoms with van der Waals surface area (Å²) in [6, 6.07) is 9.34. The number of nitrogens with one attached hydrogen (secondary N) is 3. The molecule has 1 aromatic heterocycles. The molecule has 0 spiro atoms. The van der Waals surface area contributed by atoms with Crippen LogP contribution in [0.25, 0.3) is 11.1 Å². The molecule has 2 aliphatic rings. The van der Waals surface area contributed by atoms with Crippen LogP contribution in [0.15, 0.2) is 30.5 Å². The summed E-state index contributed by atoms with van der Waals surface area (Å²) < 4.78 is 5.26. The van der Waals surface area contributed by atoms with Crippen LogP contribution in [0.2, 0.25) is 0 Å². The highest BCUT2D eigenvalue weighted by Gasteiger charge is 2.33. The molecule has 2 aromatic rings. The molecule has 8 nitrogen and oxygen atoms in total. The van der Waals surface area contributed by atoms with Gasteiger partial charge in [-0.1, -0.05) is 6.92 Å². The van der Waals surface area contributed by atoms with Crippen molar-refractivity contribution in [2.24, 2.45) is 11.8 Å². The highest BCUT2D eigenvalue weighted by Crippen LogP contribution is 2.35. The fraction of sp³-hybridized carbons (Fsp3) is 0.581. The lowest BCUT2D eigenvalue weighted by Crippen LogP contribution is -2.51. The van der Waals surface area contributed by atoms with E-state index in [2.05, 4.69) is 59.6 Å². The summed E-state index contributed by atoms with van der Waals surface area (Å²) >= 11 is 0. The fourth-order valence-electron chi connectivity index (χ4n) is 6.47. The Morgan fingerprint density at radius 1 is 1.08 bits per heavy atom. The van der Waals surface area contributed by atoms with Gasteiger partial charge < -0.3 is 25.6 Å². The Morgan fingerprint density at radius 3 is 2.38 bits per heavy atom. The second-order valence-corrected chi connectivity index (χ2v) is 11.6. The molecule has 212 valence electrons. The Balaban J connectivity index is 1.69. The summed E-state index contributed by atoms with van der Waals surface area (Å²) in [5, 5.41) is 9.77. The molecule has 8 heteroatoms. The number of methoxy groups -OCH3 is 1. The highest BCUT2D eigenvalue weighted by molar-refractivity contribution is 5.99. The lowest BCUT2D eigenvalue weighted by atomic mass is 9.84. The van der Waals surface area contributed by atoms with E-state index in [1.54, 1.807) is 13.3 Å². The SMILES string of the molecule is CCN(c1cc(-c2ccc(OC)nc2)cc(C(=O)NCC2C(=O)NC(C)CC2C)c1C)C1C[C@@H](C)N[C@H](C)C1. The molecule has 4 rings (SSSR count). The Kier molecular flexibility index (Phi) is 9.15. The first-order chi connectivity index (χ1) is 18.6. The smallest absolute Gasteiger partial charge is 0.251 e. The zero-order chi connectivity index (χ0) is 28.3. The number of hydrogen-bond donors (Lipinski definition) is 3. The minimum absolute atomic E-state index is 0.0170. The van der Waals surface area contributed by atoms with Crippen molar-refractivity contribution in [3.05, 3.63) is 41.6 Å². The third kappa shape index (κ3) is 6.55. The molecule has 0 radical (unpaired) electrons. The van der Waals surface area contributed by atoms with E-state index in [1.807, 2.05) is 32.0 Å². The summed E-state index contributed by atoms with van der Waals surface area (Å²) in [4.78, 5) is 33.2. The molecule has 2 amide bonds. The van der Waals surface area contributed by atoms with Crippen molar-refractivity contribution in [1.82, 2.24) is 20.9 Å². The first-order valence-electron chi connectivity index (χ1n) is 14.4. The van der Waals surface area contributed by atoms with Crippen LogP contribution < -0.4 is 25.6 Å². The number of amides is 2. The van der Waals surface area contributed by atoms with E-state index in [-0.39, 0.29) is 29.7 Å². The van der Waals surface area contributed by atoms with Crippen LogP contribution in [0.4, 0.5) is 5.69 Å². The number of rotatable bonds is 8. The number of anilines is 1. The van der Waals surface area contributed by atoms with E-state index in [0.717, 1.165) is 48.2 Å². The van der Waals surface area contributed by atoms with Gasteiger partial charge in [0.1, 0.15) is 0 Å². The van der Waals surface area contributed by atoms with E-state index in [0.29, 0.717) is 36.1 Å². The number of carbonyl (C=O) groups excluding carboxylic acids is 2. The summed E-state index contributed by atoms with van der Waals surface area (Å²) in [5.41, 5.74) is 4.50. The van der Waals surface area contributed by atoms with Gasteiger partial charge in [0, 0.05) is 66.3 Å². The monoisotopic (exact) mass is 535 g/mol. The molecule has 5 atom stereocenters. The number of hydrogen-bond acceptors (Lipinski definition) is 6. The summed E-state index contributed by atoms with van der Waals surface area (Å²) in [5.74, 6) is 0.388. The van der Waals surface area contributed by atoms with Crippen LogP contribution in [0.5, 0.6) is 5.88 Å². The van der Waals surface area contributed by atoms with Gasteiger partial charge in [0.25, 0.3) is 5.91 Å². The van der Waals surface area contributed by atoms with E-state index in [9.17, 15) is 9.59 Å². The number of ether oxygens (including phenoxy) is 1. The van der Waals surface area contributed by atoms with Crippen molar-refractivity contribution in [2.75, 3.05) is 25.1 Å². The number of piperidine rings is 2. The summed E-state index contributed by atoms with van der Waals surface area (Å²) in [6.45, 7) is 14.0. The van der Waals surface area contributed by atoms with E-state index in [4.69, 9.17) is 4.74 Å². The predicted octanol–water partition coefficient (Wildman–Crippen LogP) is 4.31. The molecule has 39 heavy (non-hydrogen) atoms. The predicted molar refractivity (Wildman–Crippen MR) is 156 cm³/mol. The normalized spacial score (nSPS) is 27.0. The number of pyridine rings is 1. The molecule has 0 bridgehead atoms. The van der Waals surface area contributed by atoms with E-state index < -0.39 is 0 Å². The second kappa shape index (κ2) is 12.4. The van der Waals surface area contributed by atoms with Crippen LogP contribution >= 0.6 is 0 Å². The van der Waals surface area contributed by atoms with Gasteiger partial charge in [-0.2, -0.15) is 0 Å². The van der Waals surface area contributed by atoms with Gasteiger partial charge in [0.2, 0.25) is 11.8 Å². The highest BCUT2D eigenvalue weighted by atomic mass is 16.5. The maximum atomic E-state index is 13.7. The minimum atomic E-state index is -0.233. The zero-order valence-corrected chi connectivity index (χ0v) is 24.5. The van der Waals surface area contributed by atoms with Crippen LogP contribution in [0, 0.1) is 18.8 Å². The van der Waals surface area contributed by atoms with Gasteiger partial charge in [0.05, 0.1) is 13.0 Å². The molecule has 0 aliphatic carbocycles. The molecular formula is C31H45N5O3. The zero-order valence-electron chi connectivity index (χ0n) is 24.5. The maximum absolute atomic E-state index is 13.7. The topological polar surface area (TPSA) is 95.6 Å². The molecule has 2 fully saturated rings. The van der Waals surface area contributed by atoms with Crippen LogP contribution in [0.3, 0.4) is 0 Å². The Hall–Kier alpha value is -3.13. The molecule has 1 aromatic carbocycles. The summed E-state index contributed by atoms with van der Waals surface area (Å²) in [6.07, 6.45) is 4.78. The van der Waals surface area contributed by atoms with Crippen LogP contribution in [-0.4, -0.2) is 61.2 Å². The molecule has 3 unspecified atom stereocenters. The third-order valence-electron chi connectivity index (χ3n) is 8.44. The van der Waals surface area contributed by atoms with Gasteiger partial charge >= 0.3 is 0 Å². The first kappa shape index (κ1) is 28.9. The van der Waals surface area contributed by atoms with Crippen molar-refractivity contribution < 1.29 is 14.3 Å². The molecule has 2 saturated heterocycles. The van der Waals surface area contributed by atoms with Crippen molar-refractivity contribution >= 4 is 17.5 Å². The molecule has 3 heterocycles. The number of benzene rings is 1. The lowest BCUT2D eigenvalue weighted by Gasteiger charge is -2.41. The van der Waals surface area contributed by atoms with E-state index in [1.165, 1.54) is 0 Å². The fourth-order valence-corrected chi connectivity index (χ4v) is 6.47. The van der Waals surface area contributed by atoms with Crippen LogP contribution in [0.1, 0.15) is 69.8 Å². The third-order valence-corrected chi connectivity index (χ3v) is 8.44. The van der Waals surface area contributed by atoms with Crippen molar-refractivity contribution in [3.8, 4) is 17.0 Å².